The SMILES string of the molecule is CCOc1cc(OCC=O)ccc1O. The number of hydrogen-bond donors (Lipinski definition) is 1. The first-order chi connectivity index (χ1) is 6.77. The molecule has 0 aliphatic rings. The predicted octanol–water partition coefficient (Wildman–Crippen LogP) is 1.37. The molecule has 1 aromatic carbocycles. The van der Waals surface area contributed by atoms with Gasteiger partial charge in [-0.1, -0.05) is 0 Å². The quantitative estimate of drug-likeness (QED) is 0.722. The molecule has 0 aliphatic carbocycles. The second-order valence-corrected chi connectivity index (χ2v) is 2.54. The Morgan fingerprint density at radius 1 is 1.43 bits per heavy atom. The van der Waals surface area contributed by atoms with Crippen molar-refractivity contribution in [1.29, 1.82) is 0 Å². The van der Waals surface area contributed by atoms with Gasteiger partial charge in [0.25, 0.3) is 0 Å². The van der Waals surface area contributed by atoms with Gasteiger partial charge in [-0.15, -0.1) is 0 Å². The number of carbonyl (C=O) groups excluding carboxylic acids is 1. The Bertz CT molecular complexity index is 309. The van der Waals surface area contributed by atoms with E-state index in [1.165, 1.54) is 6.07 Å². The molecule has 14 heavy (non-hydrogen) atoms. The average molecular weight is 196 g/mol. The van der Waals surface area contributed by atoms with Crippen molar-refractivity contribution >= 4 is 6.29 Å². The third-order valence-corrected chi connectivity index (χ3v) is 1.55. The van der Waals surface area contributed by atoms with E-state index in [0.717, 1.165) is 0 Å². The summed E-state index contributed by atoms with van der Waals surface area (Å²) in [5, 5.41) is 9.34. The number of rotatable bonds is 5. The Morgan fingerprint density at radius 3 is 2.86 bits per heavy atom. The van der Waals surface area contributed by atoms with Gasteiger partial charge in [0, 0.05) is 6.07 Å². The molecule has 0 bridgehead atoms. The monoisotopic (exact) mass is 196 g/mol. The second kappa shape index (κ2) is 5.11. The minimum Gasteiger partial charge on any atom is -0.504 e. The summed E-state index contributed by atoms with van der Waals surface area (Å²) in [6.07, 6.45) is 0.660. The van der Waals surface area contributed by atoms with Crippen molar-refractivity contribution in [2.24, 2.45) is 0 Å². The fourth-order valence-corrected chi connectivity index (χ4v) is 0.986. The van der Waals surface area contributed by atoms with Crippen molar-refractivity contribution in [3.05, 3.63) is 18.2 Å². The lowest BCUT2D eigenvalue weighted by molar-refractivity contribution is -0.109. The Hall–Kier alpha value is -1.71. The average Bonchev–Trinajstić information content (AvgIpc) is 2.19. The summed E-state index contributed by atoms with van der Waals surface area (Å²) >= 11 is 0. The molecule has 0 unspecified atom stereocenters. The van der Waals surface area contributed by atoms with Crippen LogP contribution in [0, 0.1) is 0 Å². The fraction of sp³-hybridized carbons (Fsp3) is 0.300. The lowest BCUT2D eigenvalue weighted by atomic mass is 10.3. The predicted molar refractivity (Wildman–Crippen MR) is 50.8 cm³/mol. The van der Waals surface area contributed by atoms with Crippen molar-refractivity contribution in [2.75, 3.05) is 13.2 Å². The number of aromatic hydroxyl groups is 1. The molecule has 0 aliphatic heterocycles. The smallest absolute Gasteiger partial charge is 0.164 e. The molecule has 0 saturated carbocycles. The normalized spacial score (nSPS) is 9.50. The Balaban J connectivity index is 2.77. The molecule has 0 spiro atoms. The number of benzene rings is 1. The maximum Gasteiger partial charge on any atom is 0.164 e. The summed E-state index contributed by atoms with van der Waals surface area (Å²) in [5.74, 6) is 0.916. The van der Waals surface area contributed by atoms with E-state index in [2.05, 4.69) is 0 Å². The van der Waals surface area contributed by atoms with Crippen molar-refractivity contribution in [3.63, 3.8) is 0 Å². The van der Waals surface area contributed by atoms with Crippen LogP contribution >= 0.6 is 0 Å². The lowest BCUT2D eigenvalue weighted by Crippen LogP contribution is -1.98. The van der Waals surface area contributed by atoms with Crippen LogP contribution in [-0.2, 0) is 4.79 Å². The highest BCUT2D eigenvalue weighted by Crippen LogP contribution is 2.30. The Morgan fingerprint density at radius 2 is 2.21 bits per heavy atom. The van der Waals surface area contributed by atoms with Crippen molar-refractivity contribution in [1.82, 2.24) is 0 Å². The van der Waals surface area contributed by atoms with Crippen LogP contribution in [0.15, 0.2) is 18.2 Å². The summed E-state index contributed by atoms with van der Waals surface area (Å²) in [5.41, 5.74) is 0. The number of ether oxygens (including phenoxy) is 2. The number of carbonyl (C=O) groups is 1. The highest BCUT2D eigenvalue weighted by Gasteiger charge is 2.03. The highest BCUT2D eigenvalue weighted by molar-refractivity contribution is 5.52. The molecule has 0 radical (unpaired) electrons. The van der Waals surface area contributed by atoms with Crippen LogP contribution in [0.25, 0.3) is 0 Å². The molecule has 1 rings (SSSR count). The first-order valence-corrected chi connectivity index (χ1v) is 4.30. The summed E-state index contributed by atoms with van der Waals surface area (Å²) < 4.78 is 10.2. The Kier molecular flexibility index (Phi) is 3.79. The molecule has 0 saturated heterocycles. The van der Waals surface area contributed by atoms with Gasteiger partial charge in [0.05, 0.1) is 6.61 Å². The fourth-order valence-electron chi connectivity index (χ4n) is 0.986. The van der Waals surface area contributed by atoms with E-state index in [0.29, 0.717) is 24.4 Å². The van der Waals surface area contributed by atoms with Crippen molar-refractivity contribution < 1.29 is 19.4 Å². The van der Waals surface area contributed by atoms with E-state index in [-0.39, 0.29) is 12.4 Å². The molecular formula is C10H12O4. The molecule has 0 amide bonds. The zero-order chi connectivity index (χ0) is 10.4. The maximum absolute atomic E-state index is 10.1. The van der Waals surface area contributed by atoms with Crippen LogP contribution in [0.4, 0.5) is 0 Å². The maximum atomic E-state index is 10.1. The third-order valence-electron chi connectivity index (χ3n) is 1.55. The van der Waals surface area contributed by atoms with E-state index in [1.54, 1.807) is 12.1 Å². The standard InChI is InChI=1S/C10H12O4/c1-2-13-10-7-8(14-6-5-11)3-4-9(10)12/h3-5,7,12H,2,6H2,1H3. The molecular weight excluding hydrogens is 184 g/mol. The first kappa shape index (κ1) is 10.4. The minimum atomic E-state index is -0.00363. The van der Waals surface area contributed by atoms with Crippen LogP contribution in [0.1, 0.15) is 6.92 Å². The van der Waals surface area contributed by atoms with Gasteiger partial charge in [-0.25, -0.2) is 0 Å². The molecule has 4 nitrogen and oxygen atoms in total. The van der Waals surface area contributed by atoms with Gasteiger partial charge in [0.15, 0.2) is 17.8 Å². The van der Waals surface area contributed by atoms with E-state index < -0.39 is 0 Å². The summed E-state index contributed by atoms with van der Waals surface area (Å²) in [7, 11) is 0. The summed E-state index contributed by atoms with van der Waals surface area (Å²) in [6.45, 7) is 2.28. The molecule has 0 atom stereocenters. The van der Waals surface area contributed by atoms with Gasteiger partial charge < -0.3 is 14.6 Å². The third kappa shape index (κ3) is 2.65. The number of aldehydes is 1. The first-order valence-electron chi connectivity index (χ1n) is 4.30. The van der Waals surface area contributed by atoms with E-state index in [9.17, 15) is 9.90 Å². The van der Waals surface area contributed by atoms with Crippen LogP contribution in [0.3, 0.4) is 0 Å². The van der Waals surface area contributed by atoms with Gasteiger partial charge >= 0.3 is 0 Å². The van der Waals surface area contributed by atoms with Gasteiger partial charge in [0.1, 0.15) is 12.4 Å². The molecule has 0 aromatic heterocycles. The molecule has 1 N–H and O–H groups in total. The molecule has 4 heteroatoms. The van der Waals surface area contributed by atoms with E-state index in [4.69, 9.17) is 9.47 Å². The van der Waals surface area contributed by atoms with Crippen LogP contribution < -0.4 is 9.47 Å². The Labute approximate surface area is 82.1 Å². The second-order valence-electron chi connectivity index (χ2n) is 2.54. The molecule has 0 fully saturated rings. The van der Waals surface area contributed by atoms with Gasteiger partial charge in [-0.05, 0) is 19.1 Å². The molecule has 1 aromatic rings. The van der Waals surface area contributed by atoms with Gasteiger partial charge in [-0.2, -0.15) is 0 Å². The summed E-state index contributed by atoms with van der Waals surface area (Å²) in [4.78, 5) is 10.1. The van der Waals surface area contributed by atoms with Crippen LogP contribution in [-0.4, -0.2) is 24.6 Å². The van der Waals surface area contributed by atoms with Crippen LogP contribution in [0.5, 0.6) is 17.2 Å². The van der Waals surface area contributed by atoms with Gasteiger partial charge in [-0.3, -0.25) is 4.79 Å². The highest BCUT2D eigenvalue weighted by atomic mass is 16.5. The van der Waals surface area contributed by atoms with E-state index in [1.807, 2.05) is 6.92 Å². The van der Waals surface area contributed by atoms with E-state index >= 15 is 0 Å². The topological polar surface area (TPSA) is 55.8 Å². The number of phenolic OH excluding ortho intramolecular Hbond substituents is 1. The van der Waals surface area contributed by atoms with Gasteiger partial charge in [0.2, 0.25) is 0 Å². The minimum absolute atomic E-state index is 0.00363. The molecule has 0 heterocycles. The van der Waals surface area contributed by atoms with Crippen molar-refractivity contribution in [2.45, 2.75) is 6.92 Å². The lowest BCUT2D eigenvalue weighted by Gasteiger charge is -2.08. The zero-order valence-electron chi connectivity index (χ0n) is 7.90. The number of phenols is 1. The largest absolute Gasteiger partial charge is 0.504 e. The zero-order valence-corrected chi connectivity index (χ0v) is 7.90. The summed E-state index contributed by atoms with van der Waals surface area (Å²) in [6, 6.07) is 4.58. The van der Waals surface area contributed by atoms with Crippen LogP contribution in [0.2, 0.25) is 0 Å². The molecule has 76 valence electrons. The van der Waals surface area contributed by atoms with Crippen molar-refractivity contribution in [3.8, 4) is 17.2 Å². The number of hydrogen-bond acceptors (Lipinski definition) is 4.